The zero-order chi connectivity index (χ0) is 21.1. The van der Waals surface area contributed by atoms with Crippen LogP contribution in [0.5, 0.6) is 0 Å². The van der Waals surface area contributed by atoms with Gasteiger partial charge in [-0.25, -0.2) is 4.39 Å². The zero-order valence-electron chi connectivity index (χ0n) is 16.6. The van der Waals surface area contributed by atoms with Gasteiger partial charge in [-0.15, -0.1) is 0 Å². The summed E-state index contributed by atoms with van der Waals surface area (Å²) in [4.78, 5) is 16.4. The van der Waals surface area contributed by atoms with E-state index in [1.54, 1.807) is 6.07 Å². The Morgan fingerprint density at radius 2 is 1.90 bits per heavy atom. The first-order chi connectivity index (χ1) is 14.6. The fraction of sp³-hybridized carbons (Fsp3) is 0.391. The number of rotatable bonds is 5. The Morgan fingerprint density at radius 1 is 1.17 bits per heavy atom. The van der Waals surface area contributed by atoms with Crippen LogP contribution in [-0.2, 0) is 9.53 Å². The maximum atomic E-state index is 13.5. The van der Waals surface area contributed by atoms with E-state index in [0.29, 0.717) is 26.3 Å². The van der Waals surface area contributed by atoms with E-state index >= 15 is 0 Å². The van der Waals surface area contributed by atoms with E-state index in [2.05, 4.69) is 6.07 Å². The lowest BCUT2D eigenvalue weighted by Gasteiger charge is -2.52. The van der Waals surface area contributed by atoms with Crippen molar-refractivity contribution in [3.05, 3.63) is 59.9 Å². The maximum absolute atomic E-state index is 13.5. The van der Waals surface area contributed by atoms with Crippen LogP contribution in [0, 0.1) is 17.1 Å². The van der Waals surface area contributed by atoms with Gasteiger partial charge in [-0.3, -0.25) is 9.69 Å². The van der Waals surface area contributed by atoms with Crippen molar-refractivity contribution in [2.75, 3.05) is 39.5 Å². The molecule has 2 aliphatic rings. The highest BCUT2D eigenvalue weighted by atomic mass is 19.1. The van der Waals surface area contributed by atoms with Crippen molar-refractivity contribution in [1.29, 1.82) is 5.26 Å². The van der Waals surface area contributed by atoms with Crippen LogP contribution in [0.4, 0.5) is 4.39 Å². The molecule has 2 aromatic carbocycles. The van der Waals surface area contributed by atoms with Gasteiger partial charge < -0.3 is 14.7 Å². The smallest absolute Gasteiger partial charge is 0.238 e. The third kappa shape index (κ3) is 3.94. The van der Waals surface area contributed by atoms with Gasteiger partial charge in [0, 0.05) is 19.0 Å². The van der Waals surface area contributed by atoms with Crippen LogP contribution in [0.2, 0.25) is 0 Å². The van der Waals surface area contributed by atoms with E-state index in [4.69, 9.17) is 4.74 Å². The Bertz CT molecular complexity index is 937. The van der Waals surface area contributed by atoms with Crippen molar-refractivity contribution in [3.63, 3.8) is 0 Å². The lowest BCUT2D eigenvalue weighted by atomic mass is 9.75. The summed E-state index contributed by atoms with van der Waals surface area (Å²) in [6, 6.07) is 15.1. The van der Waals surface area contributed by atoms with Gasteiger partial charge in [0.25, 0.3) is 0 Å². The Balaban J connectivity index is 1.50. The normalized spacial score (nSPS) is 24.2. The van der Waals surface area contributed by atoms with E-state index < -0.39 is 12.1 Å². The van der Waals surface area contributed by atoms with Gasteiger partial charge in [-0.1, -0.05) is 36.4 Å². The molecule has 6 nitrogen and oxygen atoms in total. The highest BCUT2D eigenvalue weighted by Crippen LogP contribution is 2.41. The molecule has 2 aromatic rings. The largest absolute Gasteiger partial charge is 0.394 e. The fourth-order valence-corrected chi connectivity index (χ4v) is 4.35. The predicted octanol–water partition coefficient (Wildman–Crippen LogP) is 2.00. The number of aliphatic hydroxyl groups is 1. The molecule has 0 aliphatic carbocycles. The van der Waals surface area contributed by atoms with Crippen LogP contribution in [0.15, 0.2) is 48.5 Å². The quantitative estimate of drug-likeness (QED) is 0.818. The summed E-state index contributed by atoms with van der Waals surface area (Å²) in [5.74, 6) is -0.694. The number of nitrogens with zero attached hydrogens (tertiary/aromatic N) is 3. The molecule has 0 aromatic heterocycles. The van der Waals surface area contributed by atoms with Gasteiger partial charge in [0.15, 0.2) is 0 Å². The molecular formula is C23H24FN3O3. The summed E-state index contributed by atoms with van der Waals surface area (Å²) in [6.45, 7) is 2.58. The second kappa shape index (κ2) is 8.92. The van der Waals surface area contributed by atoms with E-state index in [-0.39, 0.29) is 30.8 Å². The number of nitriles is 1. The Labute approximate surface area is 175 Å². The minimum absolute atomic E-state index is 0.143. The molecule has 1 amide bonds. The summed E-state index contributed by atoms with van der Waals surface area (Å²) < 4.78 is 18.8. The minimum Gasteiger partial charge on any atom is -0.394 e. The summed E-state index contributed by atoms with van der Waals surface area (Å²) >= 11 is 0. The number of morpholine rings is 1. The molecule has 30 heavy (non-hydrogen) atoms. The van der Waals surface area contributed by atoms with Gasteiger partial charge in [0.1, 0.15) is 11.9 Å². The molecular weight excluding hydrogens is 385 g/mol. The highest BCUT2D eigenvalue weighted by Gasteiger charge is 2.51. The average Bonchev–Trinajstić information content (AvgIpc) is 2.75. The van der Waals surface area contributed by atoms with E-state index in [1.807, 2.05) is 35.2 Å². The van der Waals surface area contributed by atoms with Crippen molar-refractivity contribution < 1.29 is 19.0 Å². The van der Waals surface area contributed by atoms with Crippen molar-refractivity contribution in [1.82, 2.24) is 9.80 Å². The lowest BCUT2D eigenvalue weighted by Crippen LogP contribution is -2.66. The van der Waals surface area contributed by atoms with Crippen molar-refractivity contribution in [2.45, 2.75) is 18.0 Å². The second-order valence-corrected chi connectivity index (χ2v) is 7.67. The lowest BCUT2D eigenvalue weighted by molar-refractivity contribution is -0.149. The number of likely N-dealkylation sites (tertiary alicyclic amines) is 1. The third-order valence-corrected chi connectivity index (χ3v) is 5.94. The van der Waals surface area contributed by atoms with Gasteiger partial charge in [-0.2, -0.15) is 5.26 Å². The first-order valence-electron chi connectivity index (χ1n) is 10.1. The molecule has 0 saturated carbocycles. The average molecular weight is 409 g/mol. The van der Waals surface area contributed by atoms with Gasteiger partial charge >= 0.3 is 0 Å². The number of halogens is 1. The Morgan fingerprint density at radius 3 is 2.53 bits per heavy atom. The maximum Gasteiger partial charge on any atom is 0.238 e. The third-order valence-electron chi connectivity index (χ3n) is 5.94. The zero-order valence-corrected chi connectivity index (χ0v) is 16.6. The van der Waals surface area contributed by atoms with Gasteiger partial charge in [0.05, 0.1) is 38.5 Å². The molecule has 2 aliphatic heterocycles. The molecule has 0 spiro atoms. The molecule has 0 radical (unpaired) electrons. The first-order valence-corrected chi connectivity index (χ1v) is 10.1. The van der Waals surface area contributed by atoms with Crippen LogP contribution in [0.25, 0.3) is 11.1 Å². The molecule has 2 heterocycles. The molecule has 3 atom stereocenters. The fourth-order valence-electron chi connectivity index (χ4n) is 4.35. The molecule has 156 valence electrons. The van der Waals surface area contributed by atoms with Crippen LogP contribution >= 0.6 is 0 Å². The summed E-state index contributed by atoms with van der Waals surface area (Å²) in [5.41, 5.74) is 2.52. The molecule has 7 heteroatoms. The molecule has 0 unspecified atom stereocenters. The topological polar surface area (TPSA) is 76.8 Å². The number of hydrogen-bond donors (Lipinski definition) is 1. The van der Waals surface area contributed by atoms with Crippen molar-refractivity contribution >= 4 is 5.91 Å². The SMILES string of the molecule is N#C[C@H]1[C@@H](c2ccc(-c3cccc(F)c3)cc2)[C@H](CO)N1C(=O)CN1CCOCC1. The van der Waals surface area contributed by atoms with Crippen molar-refractivity contribution in [3.8, 4) is 17.2 Å². The number of aliphatic hydroxyl groups excluding tert-OH is 1. The first kappa shape index (κ1) is 20.5. The monoisotopic (exact) mass is 409 g/mol. The molecule has 2 saturated heterocycles. The summed E-state index contributed by atoms with van der Waals surface area (Å²) in [5, 5.41) is 19.7. The highest BCUT2D eigenvalue weighted by molar-refractivity contribution is 5.81. The van der Waals surface area contributed by atoms with Crippen LogP contribution in [-0.4, -0.2) is 72.4 Å². The molecule has 4 rings (SSSR count). The number of ether oxygens (including phenoxy) is 1. The van der Waals surface area contributed by atoms with Crippen LogP contribution < -0.4 is 0 Å². The number of hydrogen-bond acceptors (Lipinski definition) is 5. The standard InChI is InChI=1S/C23H24FN3O3/c24-19-3-1-2-18(12-19)16-4-6-17(7-5-16)23-20(13-25)27(21(23)15-28)22(29)14-26-8-10-30-11-9-26/h1-7,12,20-21,23,28H,8-11,14-15H2/t20-,21-,23+/m0/s1. The Hall–Kier alpha value is -2.79. The Kier molecular flexibility index (Phi) is 6.09. The summed E-state index contributed by atoms with van der Waals surface area (Å²) in [7, 11) is 0. The van der Waals surface area contributed by atoms with E-state index in [0.717, 1.165) is 16.7 Å². The van der Waals surface area contributed by atoms with E-state index in [9.17, 15) is 19.6 Å². The molecule has 0 bridgehead atoms. The second-order valence-electron chi connectivity index (χ2n) is 7.67. The number of carbonyl (C=O) groups excluding carboxylic acids is 1. The van der Waals surface area contributed by atoms with E-state index in [1.165, 1.54) is 17.0 Å². The molecule has 1 N–H and O–H groups in total. The number of benzene rings is 2. The van der Waals surface area contributed by atoms with Crippen LogP contribution in [0.3, 0.4) is 0 Å². The summed E-state index contributed by atoms with van der Waals surface area (Å²) in [6.07, 6.45) is 0. The van der Waals surface area contributed by atoms with Gasteiger partial charge in [0.2, 0.25) is 5.91 Å². The number of carbonyl (C=O) groups is 1. The van der Waals surface area contributed by atoms with Crippen molar-refractivity contribution in [2.24, 2.45) is 0 Å². The predicted molar refractivity (Wildman–Crippen MR) is 109 cm³/mol. The van der Waals surface area contributed by atoms with Gasteiger partial charge in [-0.05, 0) is 28.8 Å². The van der Waals surface area contributed by atoms with Crippen LogP contribution in [0.1, 0.15) is 11.5 Å². The molecule has 2 fully saturated rings. The minimum atomic E-state index is -0.615. The number of amides is 1.